The molecule has 1 amide bonds. The third kappa shape index (κ3) is 4.45. The smallest absolute Gasteiger partial charge is 0.223 e. The summed E-state index contributed by atoms with van der Waals surface area (Å²) in [6, 6.07) is 7.63. The summed E-state index contributed by atoms with van der Waals surface area (Å²) in [4.78, 5) is 13.7. The Kier molecular flexibility index (Phi) is 5.71. The summed E-state index contributed by atoms with van der Waals surface area (Å²) in [5.41, 5.74) is 7.51. The molecule has 1 aromatic rings. The van der Waals surface area contributed by atoms with E-state index in [4.69, 9.17) is 5.73 Å². The molecule has 3 heteroatoms. The Morgan fingerprint density at radius 2 is 1.94 bits per heavy atom. The molecule has 0 heterocycles. The molecule has 1 rings (SSSR count). The number of carbonyl (C=O) groups excluding carboxylic acids is 1. The number of aryl methyl sites for hydroxylation is 1. The molecular formula is C15H20N2O. The number of hydrogen-bond donors (Lipinski definition) is 1. The van der Waals surface area contributed by atoms with Crippen molar-refractivity contribution in [1.82, 2.24) is 4.90 Å². The maximum atomic E-state index is 12.0. The molecule has 0 radical (unpaired) electrons. The van der Waals surface area contributed by atoms with Gasteiger partial charge in [0.2, 0.25) is 5.91 Å². The standard InChI is InChI=1S/C15H20N2O/c1-3-10-17(11-4-2)15(18)9-8-13-6-5-7-14(16)12-13/h3-7,12H,1-2,8-11,16H2. The van der Waals surface area contributed by atoms with Crippen molar-refractivity contribution in [2.75, 3.05) is 18.8 Å². The van der Waals surface area contributed by atoms with Gasteiger partial charge in [0.15, 0.2) is 0 Å². The second-order valence-corrected chi connectivity index (χ2v) is 4.12. The van der Waals surface area contributed by atoms with Crippen LogP contribution in [0.15, 0.2) is 49.6 Å². The third-order valence-corrected chi connectivity index (χ3v) is 2.63. The third-order valence-electron chi connectivity index (χ3n) is 2.63. The van der Waals surface area contributed by atoms with Crippen LogP contribution in [0.3, 0.4) is 0 Å². The molecule has 0 bridgehead atoms. The number of nitrogens with zero attached hydrogens (tertiary/aromatic N) is 1. The monoisotopic (exact) mass is 244 g/mol. The fourth-order valence-corrected chi connectivity index (χ4v) is 1.75. The molecule has 3 nitrogen and oxygen atoms in total. The maximum Gasteiger partial charge on any atom is 0.223 e. The van der Waals surface area contributed by atoms with Crippen molar-refractivity contribution in [3.05, 3.63) is 55.1 Å². The molecule has 0 aliphatic rings. The van der Waals surface area contributed by atoms with Crippen molar-refractivity contribution in [3.63, 3.8) is 0 Å². The largest absolute Gasteiger partial charge is 0.399 e. The van der Waals surface area contributed by atoms with E-state index in [1.54, 1.807) is 17.1 Å². The fraction of sp³-hybridized carbons (Fsp3) is 0.267. The van der Waals surface area contributed by atoms with E-state index in [-0.39, 0.29) is 5.91 Å². The molecule has 0 spiro atoms. The molecule has 96 valence electrons. The van der Waals surface area contributed by atoms with Crippen LogP contribution in [0.25, 0.3) is 0 Å². The maximum absolute atomic E-state index is 12.0. The molecule has 0 aromatic heterocycles. The molecule has 0 atom stereocenters. The fourth-order valence-electron chi connectivity index (χ4n) is 1.75. The summed E-state index contributed by atoms with van der Waals surface area (Å²) in [7, 11) is 0. The number of nitrogens with two attached hydrogens (primary N) is 1. The Morgan fingerprint density at radius 3 is 2.50 bits per heavy atom. The number of hydrogen-bond acceptors (Lipinski definition) is 2. The average molecular weight is 244 g/mol. The average Bonchev–Trinajstić information content (AvgIpc) is 2.36. The number of benzene rings is 1. The molecule has 0 aliphatic heterocycles. The first-order chi connectivity index (χ1) is 8.67. The lowest BCUT2D eigenvalue weighted by atomic mass is 10.1. The Balaban J connectivity index is 2.53. The van der Waals surface area contributed by atoms with E-state index in [1.807, 2.05) is 24.3 Å². The number of anilines is 1. The molecular weight excluding hydrogens is 224 g/mol. The van der Waals surface area contributed by atoms with Gasteiger partial charge in [-0.15, -0.1) is 13.2 Å². The van der Waals surface area contributed by atoms with Gasteiger partial charge in [-0.05, 0) is 24.1 Å². The number of amides is 1. The van der Waals surface area contributed by atoms with Crippen LogP contribution in [-0.4, -0.2) is 23.9 Å². The van der Waals surface area contributed by atoms with E-state index in [2.05, 4.69) is 13.2 Å². The Morgan fingerprint density at radius 1 is 1.28 bits per heavy atom. The highest BCUT2D eigenvalue weighted by Gasteiger charge is 2.10. The van der Waals surface area contributed by atoms with Gasteiger partial charge in [0, 0.05) is 25.2 Å². The van der Waals surface area contributed by atoms with E-state index in [0.29, 0.717) is 25.9 Å². The van der Waals surface area contributed by atoms with Crippen LogP contribution in [0, 0.1) is 0 Å². The summed E-state index contributed by atoms with van der Waals surface area (Å²) in [6.07, 6.45) is 4.63. The van der Waals surface area contributed by atoms with Crippen LogP contribution in [0.4, 0.5) is 5.69 Å². The van der Waals surface area contributed by atoms with E-state index in [1.165, 1.54) is 0 Å². The summed E-state index contributed by atoms with van der Waals surface area (Å²) >= 11 is 0. The minimum Gasteiger partial charge on any atom is -0.399 e. The highest BCUT2D eigenvalue weighted by molar-refractivity contribution is 5.76. The lowest BCUT2D eigenvalue weighted by Crippen LogP contribution is -2.31. The van der Waals surface area contributed by atoms with Crippen molar-refractivity contribution >= 4 is 11.6 Å². The van der Waals surface area contributed by atoms with Crippen LogP contribution in [0.2, 0.25) is 0 Å². The van der Waals surface area contributed by atoms with Gasteiger partial charge in [0.25, 0.3) is 0 Å². The molecule has 0 aliphatic carbocycles. The van der Waals surface area contributed by atoms with Crippen molar-refractivity contribution in [3.8, 4) is 0 Å². The minimum absolute atomic E-state index is 0.109. The lowest BCUT2D eigenvalue weighted by molar-refractivity contribution is -0.130. The van der Waals surface area contributed by atoms with Gasteiger partial charge in [-0.2, -0.15) is 0 Å². The minimum atomic E-state index is 0.109. The van der Waals surface area contributed by atoms with Gasteiger partial charge in [-0.3, -0.25) is 4.79 Å². The number of rotatable bonds is 7. The van der Waals surface area contributed by atoms with Crippen LogP contribution < -0.4 is 5.73 Å². The van der Waals surface area contributed by atoms with Crippen LogP contribution in [-0.2, 0) is 11.2 Å². The Bertz CT molecular complexity index is 416. The highest BCUT2D eigenvalue weighted by Crippen LogP contribution is 2.09. The zero-order valence-corrected chi connectivity index (χ0v) is 10.6. The normalized spacial score (nSPS) is 9.78. The van der Waals surface area contributed by atoms with Crippen molar-refractivity contribution in [1.29, 1.82) is 0 Å². The van der Waals surface area contributed by atoms with E-state index in [9.17, 15) is 4.79 Å². The van der Waals surface area contributed by atoms with E-state index < -0.39 is 0 Å². The van der Waals surface area contributed by atoms with Crippen molar-refractivity contribution < 1.29 is 4.79 Å². The topological polar surface area (TPSA) is 46.3 Å². The molecule has 0 unspecified atom stereocenters. The first-order valence-corrected chi connectivity index (χ1v) is 6.01. The Hall–Kier alpha value is -2.03. The lowest BCUT2D eigenvalue weighted by Gasteiger charge is -2.19. The summed E-state index contributed by atoms with van der Waals surface area (Å²) in [5.74, 6) is 0.109. The molecule has 0 fully saturated rings. The second kappa shape index (κ2) is 7.33. The molecule has 18 heavy (non-hydrogen) atoms. The summed E-state index contributed by atoms with van der Waals surface area (Å²) < 4.78 is 0. The van der Waals surface area contributed by atoms with Crippen LogP contribution in [0.5, 0.6) is 0 Å². The van der Waals surface area contributed by atoms with Gasteiger partial charge in [-0.1, -0.05) is 24.3 Å². The number of nitrogen functional groups attached to an aromatic ring is 1. The van der Waals surface area contributed by atoms with Crippen molar-refractivity contribution in [2.45, 2.75) is 12.8 Å². The van der Waals surface area contributed by atoms with Crippen molar-refractivity contribution in [2.24, 2.45) is 0 Å². The predicted octanol–water partition coefficient (Wildman–Crippen LogP) is 2.40. The van der Waals surface area contributed by atoms with Gasteiger partial charge in [0.05, 0.1) is 0 Å². The second-order valence-electron chi connectivity index (χ2n) is 4.12. The van der Waals surface area contributed by atoms with Gasteiger partial charge < -0.3 is 10.6 Å². The van der Waals surface area contributed by atoms with Crippen LogP contribution in [0.1, 0.15) is 12.0 Å². The van der Waals surface area contributed by atoms with Gasteiger partial charge in [-0.25, -0.2) is 0 Å². The summed E-state index contributed by atoms with van der Waals surface area (Å²) in [5, 5.41) is 0. The summed E-state index contributed by atoms with van der Waals surface area (Å²) in [6.45, 7) is 8.42. The quantitative estimate of drug-likeness (QED) is 0.591. The molecule has 2 N–H and O–H groups in total. The van der Waals surface area contributed by atoms with Crippen LogP contribution >= 0.6 is 0 Å². The zero-order chi connectivity index (χ0) is 13.4. The first-order valence-electron chi connectivity index (χ1n) is 6.01. The zero-order valence-electron chi connectivity index (χ0n) is 10.6. The number of carbonyl (C=O) groups is 1. The van der Waals surface area contributed by atoms with E-state index in [0.717, 1.165) is 11.3 Å². The SMILES string of the molecule is C=CCN(CC=C)C(=O)CCc1cccc(N)c1. The van der Waals surface area contributed by atoms with Gasteiger partial charge >= 0.3 is 0 Å². The molecule has 0 saturated carbocycles. The molecule has 1 aromatic carbocycles. The van der Waals surface area contributed by atoms with E-state index >= 15 is 0 Å². The Labute approximate surface area is 109 Å². The highest BCUT2D eigenvalue weighted by atomic mass is 16.2. The predicted molar refractivity (Wildman–Crippen MR) is 76.1 cm³/mol. The molecule has 0 saturated heterocycles. The first kappa shape index (κ1) is 14.0. The van der Waals surface area contributed by atoms with Gasteiger partial charge in [0.1, 0.15) is 0 Å².